The molecule has 0 rings (SSSR count). The molecule has 0 atom stereocenters. The van der Waals surface area contributed by atoms with E-state index in [1.165, 1.54) is 12.5 Å². The van der Waals surface area contributed by atoms with Crippen LogP contribution in [0.5, 0.6) is 0 Å². The van der Waals surface area contributed by atoms with Crippen molar-refractivity contribution in [1.82, 2.24) is 0 Å². The summed E-state index contributed by atoms with van der Waals surface area (Å²) in [6.07, 6.45) is 1.28. The molecule has 0 radical (unpaired) electrons. The number of rotatable bonds is 5. The lowest BCUT2D eigenvalue weighted by molar-refractivity contribution is 0.359. The van der Waals surface area contributed by atoms with Gasteiger partial charge in [-0.3, -0.25) is 0 Å². The average molecular weight is 197 g/mol. The molecule has 0 saturated heterocycles. The van der Waals surface area contributed by atoms with Gasteiger partial charge < -0.3 is 4.43 Å². The Hall–Kier alpha value is 0.657. The normalized spacial score (nSPS) is 11.2. The van der Waals surface area contributed by atoms with Crippen LogP contribution in [0.25, 0.3) is 0 Å². The fraction of sp³-hybridized carbons (Fsp3) is 1.00. The molecule has 1 nitrogen and oxygen atoms in total. The average Bonchev–Trinajstić information content (AvgIpc) is 1.81. The Morgan fingerprint density at radius 1 is 1.62 bits per heavy atom. The van der Waals surface area contributed by atoms with E-state index in [1.54, 1.807) is 0 Å². The van der Waals surface area contributed by atoms with E-state index in [9.17, 15) is 0 Å². The largest absolute Gasteiger partial charge is 0.424 e. The second-order valence-electron chi connectivity index (χ2n) is 1.59. The Morgan fingerprint density at radius 2 is 2.38 bits per heavy atom. The maximum Gasteiger partial charge on any atom is 0.161 e. The molecular formula is C5H13BrOSi. The van der Waals surface area contributed by atoms with Crippen molar-refractivity contribution in [2.24, 2.45) is 0 Å². The standard InChI is InChI=1S/C5H13BrOSi/c1-2-7-8-5-3-4-6/h2-5,8H2,1H3. The minimum absolute atomic E-state index is 0.130. The number of alkyl halides is 1. The molecule has 50 valence electrons. The van der Waals surface area contributed by atoms with Gasteiger partial charge in [0, 0.05) is 11.9 Å². The smallest absolute Gasteiger partial charge is 0.161 e. The molecule has 0 aliphatic rings. The van der Waals surface area contributed by atoms with Crippen molar-refractivity contribution < 1.29 is 4.43 Å². The van der Waals surface area contributed by atoms with Gasteiger partial charge in [-0.05, 0) is 19.4 Å². The van der Waals surface area contributed by atoms with Crippen molar-refractivity contribution in [1.29, 1.82) is 0 Å². The molecule has 0 aliphatic carbocycles. The van der Waals surface area contributed by atoms with Gasteiger partial charge in [-0.25, -0.2) is 0 Å². The Kier molecular flexibility index (Phi) is 8.29. The van der Waals surface area contributed by atoms with Crippen molar-refractivity contribution in [3.63, 3.8) is 0 Å². The lowest BCUT2D eigenvalue weighted by Crippen LogP contribution is -1.96. The summed E-state index contributed by atoms with van der Waals surface area (Å²) < 4.78 is 5.25. The van der Waals surface area contributed by atoms with Crippen molar-refractivity contribution in [3.8, 4) is 0 Å². The first-order valence-electron chi connectivity index (χ1n) is 3.05. The Balaban J connectivity index is 2.53. The monoisotopic (exact) mass is 196 g/mol. The molecule has 0 aromatic heterocycles. The molecule has 0 fully saturated rings. The molecule has 0 bridgehead atoms. The highest BCUT2D eigenvalue weighted by Gasteiger charge is 1.85. The third kappa shape index (κ3) is 6.66. The summed E-state index contributed by atoms with van der Waals surface area (Å²) in [5.41, 5.74) is 0. The predicted molar refractivity (Wildman–Crippen MR) is 43.4 cm³/mol. The summed E-state index contributed by atoms with van der Waals surface area (Å²) in [4.78, 5) is 0. The molecule has 3 heteroatoms. The molecule has 0 heterocycles. The second-order valence-corrected chi connectivity index (χ2v) is 3.91. The van der Waals surface area contributed by atoms with E-state index in [2.05, 4.69) is 22.9 Å². The Labute approximate surface area is 61.9 Å². The first-order chi connectivity index (χ1) is 3.91. The van der Waals surface area contributed by atoms with Crippen molar-refractivity contribution in [2.75, 3.05) is 11.9 Å². The lowest BCUT2D eigenvalue weighted by Gasteiger charge is -1.95. The summed E-state index contributed by atoms with van der Waals surface area (Å²) in [5.74, 6) is 0. The topological polar surface area (TPSA) is 9.23 Å². The van der Waals surface area contributed by atoms with Gasteiger partial charge in [0.05, 0.1) is 0 Å². The predicted octanol–water partition coefficient (Wildman–Crippen LogP) is 1.31. The van der Waals surface area contributed by atoms with Gasteiger partial charge in [0.2, 0.25) is 0 Å². The highest BCUT2D eigenvalue weighted by molar-refractivity contribution is 9.09. The van der Waals surface area contributed by atoms with E-state index in [1.807, 2.05) is 0 Å². The van der Waals surface area contributed by atoms with Crippen LogP contribution in [0.15, 0.2) is 0 Å². The van der Waals surface area contributed by atoms with Gasteiger partial charge in [-0.1, -0.05) is 15.9 Å². The highest BCUT2D eigenvalue weighted by atomic mass is 79.9. The summed E-state index contributed by atoms with van der Waals surface area (Å²) in [5, 5.41) is 1.13. The van der Waals surface area contributed by atoms with E-state index >= 15 is 0 Å². The van der Waals surface area contributed by atoms with E-state index in [0.29, 0.717) is 0 Å². The molecule has 0 unspecified atom stereocenters. The summed E-state index contributed by atoms with van der Waals surface area (Å²) in [6, 6.07) is 1.32. The maximum atomic E-state index is 5.25. The lowest BCUT2D eigenvalue weighted by atomic mass is 10.6. The molecule has 0 aromatic rings. The number of halogens is 1. The van der Waals surface area contributed by atoms with E-state index in [4.69, 9.17) is 4.43 Å². The molecule has 0 amide bonds. The molecule has 0 N–H and O–H groups in total. The zero-order valence-corrected chi connectivity index (χ0v) is 8.32. The summed E-state index contributed by atoms with van der Waals surface area (Å²) in [6.45, 7) is 2.97. The van der Waals surface area contributed by atoms with Crippen LogP contribution < -0.4 is 0 Å². The maximum absolute atomic E-state index is 5.25. The SMILES string of the molecule is CCO[SiH2]CCCBr. The fourth-order valence-electron chi connectivity index (χ4n) is 0.443. The van der Waals surface area contributed by atoms with E-state index < -0.39 is 0 Å². The van der Waals surface area contributed by atoms with Crippen molar-refractivity contribution in [2.45, 2.75) is 19.4 Å². The summed E-state index contributed by atoms with van der Waals surface area (Å²) >= 11 is 3.37. The van der Waals surface area contributed by atoms with Crippen LogP contribution >= 0.6 is 15.9 Å². The molecule has 0 aromatic carbocycles. The first-order valence-corrected chi connectivity index (χ1v) is 5.75. The van der Waals surface area contributed by atoms with Gasteiger partial charge in [0.1, 0.15) is 0 Å². The minimum atomic E-state index is -0.130. The van der Waals surface area contributed by atoms with Crippen LogP contribution in [0, 0.1) is 0 Å². The van der Waals surface area contributed by atoms with E-state index in [0.717, 1.165) is 11.9 Å². The third-order valence-electron chi connectivity index (χ3n) is 0.876. The minimum Gasteiger partial charge on any atom is -0.424 e. The van der Waals surface area contributed by atoms with Crippen molar-refractivity contribution >= 4 is 25.7 Å². The zero-order valence-electron chi connectivity index (χ0n) is 5.32. The van der Waals surface area contributed by atoms with Gasteiger partial charge in [-0.2, -0.15) is 0 Å². The van der Waals surface area contributed by atoms with Crippen LogP contribution in [0.4, 0.5) is 0 Å². The second kappa shape index (κ2) is 7.66. The van der Waals surface area contributed by atoms with Gasteiger partial charge in [0.25, 0.3) is 0 Å². The number of hydrogen-bond acceptors (Lipinski definition) is 1. The van der Waals surface area contributed by atoms with Crippen LogP contribution in [0.2, 0.25) is 6.04 Å². The Morgan fingerprint density at radius 3 is 2.88 bits per heavy atom. The van der Waals surface area contributed by atoms with Crippen molar-refractivity contribution in [3.05, 3.63) is 0 Å². The summed E-state index contributed by atoms with van der Waals surface area (Å²) in [7, 11) is -0.130. The number of hydrogen-bond donors (Lipinski definition) is 0. The van der Waals surface area contributed by atoms with Gasteiger partial charge in [-0.15, -0.1) is 0 Å². The van der Waals surface area contributed by atoms with Gasteiger partial charge >= 0.3 is 0 Å². The first kappa shape index (κ1) is 8.66. The quantitative estimate of drug-likeness (QED) is 0.367. The van der Waals surface area contributed by atoms with Crippen LogP contribution in [0.3, 0.4) is 0 Å². The fourth-order valence-corrected chi connectivity index (χ4v) is 2.52. The molecular weight excluding hydrogens is 184 g/mol. The molecule has 0 spiro atoms. The highest BCUT2D eigenvalue weighted by Crippen LogP contribution is 1.92. The Bertz CT molecular complexity index is 37.4. The van der Waals surface area contributed by atoms with Crippen LogP contribution in [0.1, 0.15) is 13.3 Å². The molecule has 0 saturated carbocycles. The third-order valence-corrected chi connectivity index (χ3v) is 2.92. The zero-order chi connectivity index (χ0) is 6.24. The van der Waals surface area contributed by atoms with E-state index in [-0.39, 0.29) is 9.76 Å². The van der Waals surface area contributed by atoms with Crippen LogP contribution in [-0.2, 0) is 4.43 Å². The molecule has 8 heavy (non-hydrogen) atoms. The molecule has 0 aliphatic heterocycles. The van der Waals surface area contributed by atoms with Crippen LogP contribution in [-0.4, -0.2) is 21.7 Å². The van der Waals surface area contributed by atoms with Gasteiger partial charge in [0.15, 0.2) is 9.76 Å².